The number of allylic oxidation sites excluding steroid dienone is 10. The van der Waals surface area contributed by atoms with Crippen molar-refractivity contribution in [2.24, 2.45) is 20.5 Å². The van der Waals surface area contributed by atoms with Gasteiger partial charge in [0.25, 0.3) is 0 Å². The summed E-state index contributed by atoms with van der Waals surface area (Å²) in [4.78, 5) is 25.9. The lowest BCUT2D eigenvalue weighted by Crippen LogP contribution is -2.18. The molecule has 0 atom stereocenters. The van der Waals surface area contributed by atoms with E-state index in [9.17, 15) is 9.59 Å². The number of carbonyl (C=O) groups excluding carboxylic acids is 2. The zero-order valence-electron chi connectivity index (χ0n) is 31.7. The van der Waals surface area contributed by atoms with Crippen molar-refractivity contribution in [3.05, 3.63) is 130 Å². The van der Waals surface area contributed by atoms with Crippen LogP contribution in [0.3, 0.4) is 0 Å². The fraction of sp³-hybridized carbons (Fsp3) is 0.422. The van der Waals surface area contributed by atoms with E-state index in [-0.39, 0.29) is 17.0 Å². The Labute approximate surface area is 306 Å². The second-order valence-corrected chi connectivity index (χ2v) is 14.2. The first-order chi connectivity index (χ1) is 24.7. The summed E-state index contributed by atoms with van der Waals surface area (Å²) < 4.78 is 0. The first-order valence-corrected chi connectivity index (χ1v) is 19.0. The van der Waals surface area contributed by atoms with Gasteiger partial charge in [0, 0.05) is 27.7 Å². The Morgan fingerprint density at radius 3 is 1.06 bits per heavy atom. The Balaban J connectivity index is 1.43. The van der Waals surface area contributed by atoms with Crippen LogP contribution >= 0.6 is 0 Å². The Kier molecular flexibility index (Phi) is 15.2. The van der Waals surface area contributed by atoms with Crippen LogP contribution < -0.4 is 0 Å². The second-order valence-electron chi connectivity index (χ2n) is 14.2. The van der Waals surface area contributed by atoms with Gasteiger partial charge in [-0.05, 0) is 122 Å². The summed E-state index contributed by atoms with van der Waals surface area (Å²) in [5.41, 5.74) is 9.03. The topological polar surface area (TPSA) is 83.6 Å². The van der Waals surface area contributed by atoms with E-state index >= 15 is 0 Å². The molecule has 4 rings (SSSR count). The Morgan fingerprint density at radius 2 is 0.784 bits per heavy atom. The monoisotopic (exact) mass is 684 g/mol. The van der Waals surface area contributed by atoms with Crippen LogP contribution in [-0.2, 0) is 15.0 Å². The molecule has 0 radical (unpaired) electrons. The minimum Gasteiger partial charge on any atom is -0.289 e. The first kappa shape index (κ1) is 39.2. The summed E-state index contributed by atoms with van der Waals surface area (Å²) in [5.74, 6) is 0.385. The third-order valence-corrected chi connectivity index (χ3v) is 9.67. The van der Waals surface area contributed by atoms with Crippen molar-refractivity contribution >= 4 is 22.9 Å². The van der Waals surface area contributed by atoms with E-state index in [1.54, 1.807) is 12.4 Å². The van der Waals surface area contributed by atoms with Gasteiger partial charge in [0.1, 0.15) is 0 Å². The van der Waals surface area contributed by atoms with Gasteiger partial charge >= 0.3 is 0 Å². The molecule has 6 nitrogen and oxygen atoms in total. The van der Waals surface area contributed by atoms with E-state index in [0.717, 1.165) is 122 Å². The molecule has 51 heavy (non-hydrogen) atoms. The van der Waals surface area contributed by atoms with E-state index < -0.39 is 0 Å². The van der Waals surface area contributed by atoms with Crippen LogP contribution in [0.1, 0.15) is 130 Å². The molecule has 0 spiro atoms. The van der Waals surface area contributed by atoms with E-state index in [2.05, 4.69) is 86.3 Å². The van der Waals surface area contributed by atoms with Gasteiger partial charge in [-0.2, -0.15) is 20.5 Å². The third-order valence-electron chi connectivity index (χ3n) is 9.67. The smallest absolute Gasteiger partial charge is 0.185 e. The summed E-state index contributed by atoms with van der Waals surface area (Å²) in [5, 5.41) is 17.7. The third kappa shape index (κ3) is 11.2. The molecule has 2 aromatic carbocycles. The van der Waals surface area contributed by atoms with Gasteiger partial charge in [-0.25, -0.2) is 0 Å². The SMILES string of the molecule is CCCCC1=CC(=CN=Nc2ccc(C(C)(C)c3ccc(N=NC=C4C=C(CCCC)C(=O)C(CCCC)=C4)cc3)cc2)C=C(CCCC)C1=O. The molecule has 268 valence electrons. The van der Waals surface area contributed by atoms with Crippen LogP contribution in [0.2, 0.25) is 0 Å². The molecule has 0 amide bonds. The van der Waals surface area contributed by atoms with Gasteiger partial charge in [0.2, 0.25) is 0 Å². The standard InChI is InChI=1S/C45H56N4O2/c1-7-11-15-35-27-33(28-36(43(35)50)16-12-8-2)31-46-48-41-23-19-39(20-24-41)45(5,6)40-21-25-42(26-22-40)49-47-32-34-29-37(17-13-9-3)44(51)38(30-34)18-14-10-4/h19-32H,7-18H2,1-6H3. The molecule has 0 aromatic heterocycles. The highest BCUT2D eigenvalue weighted by Crippen LogP contribution is 2.34. The average molecular weight is 685 g/mol. The van der Waals surface area contributed by atoms with Gasteiger partial charge in [-0.15, -0.1) is 0 Å². The normalized spacial score (nSPS) is 15.3. The van der Waals surface area contributed by atoms with Crippen molar-refractivity contribution in [2.45, 2.75) is 124 Å². The quantitative estimate of drug-likeness (QED) is 0.146. The summed E-state index contributed by atoms with van der Waals surface area (Å²) in [7, 11) is 0. The van der Waals surface area contributed by atoms with E-state index in [1.165, 1.54) is 11.1 Å². The molecule has 0 aliphatic heterocycles. The van der Waals surface area contributed by atoms with Crippen molar-refractivity contribution in [1.29, 1.82) is 0 Å². The average Bonchev–Trinajstić information content (AvgIpc) is 3.14. The number of nitrogens with zero attached hydrogens (tertiary/aromatic N) is 4. The zero-order valence-corrected chi connectivity index (χ0v) is 31.7. The summed E-state index contributed by atoms with van der Waals surface area (Å²) >= 11 is 0. The van der Waals surface area contributed by atoms with E-state index in [0.29, 0.717) is 0 Å². The lowest BCUT2D eigenvalue weighted by Gasteiger charge is -2.26. The molecule has 0 fully saturated rings. The maximum atomic E-state index is 12.9. The van der Waals surface area contributed by atoms with E-state index in [4.69, 9.17) is 0 Å². The number of rotatable bonds is 18. The van der Waals surface area contributed by atoms with Crippen LogP contribution in [0.4, 0.5) is 11.4 Å². The molecule has 0 bridgehead atoms. The van der Waals surface area contributed by atoms with Gasteiger partial charge in [0.05, 0.1) is 23.8 Å². The number of hydrogen-bond donors (Lipinski definition) is 0. The highest BCUT2D eigenvalue weighted by Gasteiger charge is 2.23. The highest BCUT2D eigenvalue weighted by molar-refractivity contribution is 6.10. The summed E-state index contributed by atoms with van der Waals surface area (Å²) in [6.07, 6.45) is 22.9. The van der Waals surface area contributed by atoms with Crippen LogP contribution in [0.5, 0.6) is 0 Å². The molecule has 0 heterocycles. The number of ketones is 2. The largest absolute Gasteiger partial charge is 0.289 e. The second kappa shape index (κ2) is 19.7. The number of azo groups is 2. The Bertz CT molecular complexity index is 1570. The highest BCUT2D eigenvalue weighted by atomic mass is 16.1. The van der Waals surface area contributed by atoms with E-state index in [1.807, 2.05) is 48.6 Å². The predicted molar refractivity (Wildman–Crippen MR) is 211 cm³/mol. The fourth-order valence-electron chi connectivity index (χ4n) is 6.30. The number of benzene rings is 2. The first-order valence-electron chi connectivity index (χ1n) is 19.0. The minimum atomic E-state index is -0.239. The van der Waals surface area contributed by atoms with Crippen LogP contribution in [0.15, 0.2) is 139 Å². The lowest BCUT2D eigenvalue weighted by atomic mass is 9.78. The maximum Gasteiger partial charge on any atom is 0.185 e. The molecule has 0 saturated heterocycles. The van der Waals surface area contributed by atoms with Crippen molar-refractivity contribution in [3.63, 3.8) is 0 Å². The van der Waals surface area contributed by atoms with Gasteiger partial charge in [-0.1, -0.05) is 91.5 Å². The molecule has 0 N–H and O–H groups in total. The van der Waals surface area contributed by atoms with Crippen molar-refractivity contribution in [1.82, 2.24) is 0 Å². The van der Waals surface area contributed by atoms with Crippen molar-refractivity contribution < 1.29 is 9.59 Å². The number of carbonyl (C=O) groups is 2. The molecular weight excluding hydrogens is 629 g/mol. The molecular formula is C45H56N4O2. The van der Waals surface area contributed by atoms with Crippen LogP contribution in [-0.4, -0.2) is 11.6 Å². The van der Waals surface area contributed by atoms with Gasteiger partial charge in [-0.3, -0.25) is 9.59 Å². The minimum absolute atomic E-state index is 0.192. The van der Waals surface area contributed by atoms with Gasteiger partial charge in [0.15, 0.2) is 11.6 Å². The van der Waals surface area contributed by atoms with Crippen LogP contribution in [0, 0.1) is 0 Å². The maximum absolute atomic E-state index is 12.9. The Hall–Kier alpha value is -4.58. The van der Waals surface area contributed by atoms with Crippen molar-refractivity contribution in [3.8, 4) is 0 Å². The molecule has 2 aromatic rings. The molecule has 0 unspecified atom stereocenters. The lowest BCUT2D eigenvalue weighted by molar-refractivity contribution is -0.113. The Morgan fingerprint density at radius 1 is 0.490 bits per heavy atom. The summed E-state index contributed by atoms with van der Waals surface area (Å²) in [6, 6.07) is 16.4. The molecule has 6 heteroatoms. The number of hydrogen-bond acceptors (Lipinski definition) is 6. The van der Waals surface area contributed by atoms with Crippen LogP contribution in [0.25, 0.3) is 0 Å². The summed E-state index contributed by atoms with van der Waals surface area (Å²) in [6.45, 7) is 13.0. The fourth-order valence-corrected chi connectivity index (χ4v) is 6.30. The molecule has 2 aliphatic rings. The molecule has 2 aliphatic carbocycles. The number of Topliss-reactive ketones (excluding diaryl/α,β-unsaturated/α-hetero) is 2. The zero-order chi connectivity index (χ0) is 36.6. The molecule has 0 saturated carbocycles. The number of unbranched alkanes of at least 4 members (excludes halogenated alkanes) is 4. The van der Waals surface area contributed by atoms with Crippen molar-refractivity contribution in [2.75, 3.05) is 0 Å². The predicted octanol–water partition coefficient (Wildman–Crippen LogP) is 13.6. The van der Waals surface area contributed by atoms with Gasteiger partial charge < -0.3 is 0 Å².